The number of nitrogens with one attached hydrogen (secondary N) is 2. The van der Waals surface area contributed by atoms with Gasteiger partial charge in [-0.3, -0.25) is 0 Å². The van der Waals surface area contributed by atoms with Crippen molar-refractivity contribution in [2.75, 3.05) is 25.6 Å². The second-order valence-corrected chi connectivity index (χ2v) is 6.10. The van der Waals surface area contributed by atoms with E-state index in [1.54, 1.807) is 7.11 Å². The number of anilines is 1. The Bertz CT molecular complexity index is 406. The highest BCUT2D eigenvalue weighted by molar-refractivity contribution is 5.21. The molecule has 0 radical (unpaired) electrons. The first-order valence-electron chi connectivity index (χ1n) is 7.40. The van der Waals surface area contributed by atoms with Gasteiger partial charge in [0.05, 0.1) is 13.2 Å². The molecular formula is C14H26N4O2. The summed E-state index contributed by atoms with van der Waals surface area (Å²) in [6, 6.07) is 0.944. The topological polar surface area (TPSA) is 72.2 Å². The van der Waals surface area contributed by atoms with Gasteiger partial charge >= 0.3 is 6.01 Å². The lowest BCUT2D eigenvalue weighted by atomic mass is 9.73. The quantitative estimate of drug-likeness (QED) is 0.747. The molecule has 1 unspecified atom stereocenters. The summed E-state index contributed by atoms with van der Waals surface area (Å²) in [5, 5.41) is 14.7. The predicted molar refractivity (Wildman–Crippen MR) is 77.5 cm³/mol. The maximum absolute atomic E-state index is 5.62. The lowest BCUT2D eigenvalue weighted by Gasteiger charge is -2.38. The summed E-state index contributed by atoms with van der Waals surface area (Å²) in [6.45, 7) is 6.62. The normalized spacial score (nSPS) is 21.9. The molecule has 0 aliphatic heterocycles. The van der Waals surface area contributed by atoms with Crippen LogP contribution in [-0.2, 0) is 11.3 Å². The molecule has 2 rings (SSSR count). The van der Waals surface area contributed by atoms with Crippen LogP contribution in [0.1, 0.15) is 45.4 Å². The van der Waals surface area contributed by atoms with E-state index in [2.05, 4.69) is 34.7 Å². The van der Waals surface area contributed by atoms with Crippen molar-refractivity contribution in [3.8, 4) is 0 Å². The monoisotopic (exact) mass is 282 g/mol. The zero-order chi connectivity index (χ0) is 14.4. The predicted octanol–water partition coefficient (Wildman–Crippen LogP) is 2.19. The van der Waals surface area contributed by atoms with Crippen LogP contribution in [0.2, 0.25) is 0 Å². The molecule has 1 saturated carbocycles. The van der Waals surface area contributed by atoms with Crippen LogP contribution >= 0.6 is 0 Å². The molecule has 0 saturated heterocycles. The van der Waals surface area contributed by atoms with Crippen LogP contribution in [0.5, 0.6) is 0 Å². The van der Waals surface area contributed by atoms with Crippen molar-refractivity contribution in [2.24, 2.45) is 5.41 Å². The number of aromatic nitrogens is 2. The van der Waals surface area contributed by atoms with Crippen LogP contribution in [-0.4, -0.2) is 36.5 Å². The van der Waals surface area contributed by atoms with Crippen molar-refractivity contribution in [1.29, 1.82) is 0 Å². The summed E-state index contributed by atoms with van der Waals surface area (Å²) in [6.07, 6.45) is 4.98. The molecule has 6 heteroatoms. The van der Waals surface area contributed by atoms with Crippen molar-refractivity contribution in [3.05, 3.63) is 5.89 Å². The summed E-state index contributed by atoms with van der Waals surface area (Å²) in [5.41, 5.74) is 0.281. The highest BCUT2D eigenvalue weighted by atomic mass is 16.5. The lowest BCUT2D eigenvalue weighted by molar-refractivity contribution is 0.198. The second kappa shape index (κ2) is 7.04. The molecule has 1 heterocycles. The summed E-state index contributed by atoms with van der Waals surface area (Å²) in [4.78, 5) is 0. The summed E-state index contributed by atoms with van der Waals surface area (Å²) < 4.78 is 10.6. The molecule has 1 aliphatic carbocycles. The molecule has 1 aromatic rings. The number of methoxy groups -OCH3 is 1. The van der Waals surface area contributed by atoms with E-state index in [1.165, 1.54) is 19.3 Å². The Labute approximate surface area is 120 Å². The van der Waals surface area contributed by atoms with Crippen molar-refractivity contribution >= 4 is 6.01 Å². The first-order chi connectivity index (χ1) is 9.62. The third kappa shape index (κ3) is 4.18. The Kier molecular flexibility index (Phi) is 5.37. The Morgan fingerprint density at radius 3 is 2.95 bits per heavy atom. The molecule has 1 aliphatic rings. The largest absolute Gasteiger partial charge is 0.407 e. The molecule has 114 valence electrons. The average Bonchev–Trinajstić information content (AvgIpc) is 2.85. The molecule has 0 amide bonds. The van der Waals surface area contributed by atoms with E-state index in [0.717, 1.165) is 13.0 Å². The molecule has 1 fully saturated rings. The van der Waals surface area contributed by atoms with Gasteiger partial charge in [-0.05, 0) is 18.3 Å². The first kappa shape index (κ1) is 15.3. The summed E-state index contributed by atoms with van der Waals surface area (Å²) >= 11 is 0. The van der Waals surface area contributed by atoms with E-state index in [0.29, 0.717) is 31.1 Å². The van der Waals surface area contributed by atoms with Gasteiger partial charge in [0, 0.05) is 19.7 Å². The SMILES string of the molecule is COCCNCc1nnc(NC2CCCCC2(C)C)o1. The van der Waals surface area contributed by atoms with Crippen molar-refractivity contribution in [3.63, 3.8) is 0 Å². The summed E-state index contributed by atoms with van der Waals surface area (Å²) in [7, 11) is 1.68. The second-order valence-electron chi connectivity index (χ2n) is 6.10. The Morgan fingerprint density at radius 2 is 2.20 bits per heavy atom. The van der Waals surface area contributed by atoms with E-state index in [4.69, 9.17) is 9.15 Å². The van der Waals surface area contributed by atoms with Gasteiger partial charge in [0.25, 0.3) is 0 Å². The fourth-order valence-electron chi connectivity index (χ4n) is 2.66. The fraction of sp³-hybridized carbons (Fsp3) is 0.857. The van der Waals surface area contributed by atoms with E-state index in [9.17, 15) is 0 Å². The molecule has 0 aromatic carbocycles. The summed E-state index contributed by atoms with van der Waals surface area (Å²) in [5.74, 6) is 0.609. The van der Waals surface area contributed by atoms with E-state index >= 15 is 0 Å². The van der Waals surface area contributed by atoms with E-state index in [1.807, 2.05) is 0 Å². The third-order valence-corrected chi connectivity index (χ3v) is 4.03. The standard InChI is InChI=1S/C14H26N4O2/c1-14(2)7-5-4-6-11(14)16-13-18-17-12(20-13)10-15-8-9-19-3/h11,15H,4-10H2,1-3H3,(H,16,18). The number of rotatable bonds is 7. The van der Waals surface area contributed by atoms with Crippen LogP contribution in [0.3, 0.4) is 0 Å². The average molecular weight is 282 g/mol. The maximum Gasteiger partial charge on any atom is 0.315 e. The molecule has 2 N–H and O–H groups in total. The number of ether oxygens (including phenoxy) is 1. The van der Waals surface area contributed by atoms with Gasteiger partial charge in [0.1, 0.15) is 0 Å². The molecule has 0 bridgehead atoms. The zero-order valence-electron chi connectivity index (χ0n) is 12.7. The lowest BCUT2D eigenvalue weighted by Crippen LogP contribution is -2.39. The fourth-order valence-corrected chi connectivity index (χ4v) is 2.66. The Morgan fingerprint density at radius 1 is 1.35 bits per heavy atom. The van der Waals surface area contributed by atoms with Gasteiger partial charge in [-0.25, -0.2) is 0 Å². The minimum Gasteiger partial charge on any atom is -0.407 e. The zero-order valence-corrected chi connectivity index (χ0v) is 12.7. The number of hydrogen-bond acceptors (Lipinski definition) is 6. The Hall–Kier alpha value is -1.14. The molecular weight excluding hydrogens is 256 g/mol. The van der Waals surface area contributed by atoms with Crippen molar-refractivity contribution in [2.45, 2.75) is 52.1 Å². The van der Waals surface area contributed by atoms with Gasteiger partial charge < -0.3 is 19.8 Å². The third-order valence-electron chi connectivity index (χ3n) is 4.03. The van der Waals surface area contributed by atoms with Gasteiger partial charge in [-0.2, -0.15) is 0 Å². The molecule has 1 aromatic heterocycles. The first-order valence-corrected chi connectivity index (χ1v) is 7.40. The molecule has 6 nitrogen and oxygen atoms in total. The molecule has 0 spiro atoms. The number of hydrogen-bond donors (Lipinski definition) is 2. The van der Waals surface area contributed by atoms with Gasteiger partial charge in [-0.15, -0.1) is 5.10 Å². The maximum atomic E-state index is 5.62. The minimum absolute atomic E-state index is 0.281. The van der Waals surface area contributed by atoms with Crippen LogP contribution in [0, 0.1) is 5.41 Å². The van der Waals surface area contributed by atoms with Crippen LogP contribution in [0.15, 0.2) is 4.42 Å². The highest BCUT2D eigenvalue weighted by Crippen LogP contribution is 2.36. The van der Waals surface area contributed by atoms with Crippen LogP contribution in [0.4, 0.5) is 6.01 Å². The van der Waals surface area contributed by atoms with Gasteiger partial charge in [-0.1, -0.05) is 31.8 Å². The Balaban J connectivity index is 1.82. The van der Waals surface area contributed by atoms with E-state index < -0.39 is 0 Å². The van der Waals surface area contributed by atoms with Gasteiger partial charge in [0.2, 0.25) is 5.89 Å². The highest BCUT2D eigenvalue weighted by Gasteiger charge is 2.33. The molecule has 1 atom stereocenters. The minimum atomic E-state index is 0.281. The molecule has 20 heavy (non-hydrogen) atoms. The van der Waals surface area contributed by atoms with Crippen molar-refractivity contribution in [1.82, 2.24) is 15.5 Å². The van der Waals surface area contributed by atoms with Crippen LogP contribution < -0.4 is 10.6 Å². The van der Waals surface area contributed by atoms with E-state index in [-0.39, 0.29) is 5.41 Å². The smallest absolute Gasteiger partial charge is 0.315 e. The number of nitrogens with zero attached hydrogens (tertiary/aromatic N) is 2. The van der Waals surface area contributed by atoms with Crippen molar-refractivity contribution < 1.29 is 9.15 Å². The van der Waals surface area contributed by atoms with Crippen LogP contribution in [0.25, 0.3) is 0 Å². The van der Waals surface area contributed by atoms with Gasteiger partial charge in [0.15, 0.2) is 0 Å².